The van der Waals surface area contributed by atoms with Crippen molar-refractivity contribution < 1.29 is 14.2 Å². The monoisotopic (exact) mass is 252 g/mol. The Morgan fingerprint density at radius 3 is 2.17 bits per heavy atom. The van der Waals surface area contributed by atoms with Gasteiger partial charge in [-0.05, 0) is 12.1 Å². The molecule has 18 heavy (non-hydrogen) atoms. The van der Waals surface area contributed by atoms with E-state index in [1.807, 2.05) is 18.2 Å². The highest BCUT2D eigenvalue weighted by Gasteiger charge is 2.33. The number of nitrogens with zero attached hydrogens (tertiary/aromatic N) is 1. The third-order valence-corrected chi connectivity index (χ3v) is 3.40. The third-order valence-electron chi connectivity index (χ3n) is 3.40. The predicted octanol–water partition coefficient (Wildman–Crippen LogP) is 1.13. The summed E-state index contributed by atoms with van der Waals surface area (Å²) in [6.07, 6.45) is 0.160. The molecule has 2 atom stereocenters. The Morgan fingerprint density at radius 2 is 1.72 bits per heavy atom. The maximum atomic E-state index is 6.05. The van der Waals surface area contributed by atoms with E-state index in [0.717, 1.165) is 24.5 Å². The first-order valence-corrected chi connectivity index (χ1v) is 5.93. The van der Waals surface area contributed by atoms with Gasteiger partial charge >= 0.3 is 0 Å². The van der Waals surface area contributed by atoms with E-state index in [-0.39, 0.29) is 12.2 Å². The van der Waals surface area contributed by atoms with Gasteiger partial charge in [0.2, 0.25) is 0 Å². The first-order valence-electron chi connectivity index (χ1n) is 5.93. The number of benzene rings is 1. The summed E-state index contributed by atoms with van der Waals surface area (Å²) >= 11 is 0. The molecule has 5 nitrogen and oxygen atoms in total. The molecule has 2 N–H and O–H groups in total. The summed E-state index contributed by atoms with van der Waals surface area (Å²) in [6, 6.07) is 5.71. The minimum Gasteiger partial charge on any atom is -0.497 e. The van der Waals surface area contributed by atoms with Crippen LogP contribution in [0.1, 0.15) is 0 Å². The van der Waals surface area contributed by atoms with Crippen molar-refractivity contribution in [2.24, 2.45) is 0 Å². The summed E-state index contributed by atoms with van der Waals surface area (Å²) in [5, 5.41) is 0. The van der Waals surface area contributed by atoms with Crippen LogP contribution >= 0.6 is 0 Å². The molecule has 2 rings (SSSR count). The highest BCUT2D eigenvalue weighted by atomic mass is 16.5. The molecule has 1 heterocycles. The van der Waals surface area contributed by atoms with Crippen molar-refractivity contribution in [2.75, 3.05) is 45.1 Å². The molecule has 1 aliphatic rings. The Morgan fingerprint density at radius 1 is 1.11 bits per heavy atom. The number of nitrogens with two attached hydrogens (primary N) is 1. The fraction of sp³-hybridized carbons (Fsp3) is 0.538. The van der Waals surface area contributed by atoms with Crippen molar-refractivity contribution in [3.05, 3.63) is 18.2 Å². The van der Waals surface area contributed by atoms with Gasteiger partial charge in [0.1, 0.15) is 18.0 Å². The van der Waals surface area contributed by atoms with Crippen LogP contribution in [-0.4, -0.2) is 46.6 Å². The van der Waals surface area contributed by atoms with Crippen LogP contribution in [0.4, 0.5) is 11.4 Å². The summed E-state index contributed by atoms with van der Waals surface area (Å²) in [5.74, 6) is 0.766. The number of hydrogen-bond acceptors (Lipinski definition) is 5. The summed E-state index contributed by atoms with van der Waals surface area (Å²) in [4.78, 5) is 2.18. The first kappa shape index (κ1) is 13.0. The number of nitrogen functional groups attached to an aromatic ring is 1. The van der Waals surface area contributed by atoms with Crippen molar-refractivity contribution >= 4 is 11.4 Å². The van der Waals surface area contributed by atoms with Crippen LogP contribution in [0.2, 0.25) is 0 Å². The number of methoxy groups -OCH3 is 3. The number of hydrogen-bond donors (Lipinski definition) is 1. The van der Waals surface area contributed by atoms with Gasteiger partial charge < -0.3 is 24.8 Å². The lowest BCUT2D eigenvalue weighted by Crippen LogP contribution is -2.27. The van der Waals surface area contributed by atoms with E-state index in [0.29, 0.717) is 5.69 Å². The van der Waals surface area contributed by atoms with Gasteiger partial charge in [-0.2, -0.15) is 0 Å². The predicted molar refractivity (Wildman–Crippen MR) is 71.2 cm³/mol. The minimum atomic E-state index is 0.0801. The van der Waals surface area contributed by atoms with E-state index in [1.165, 1.54) is 0 Å². The van der Waals surface area contributed by atoms with Crippen molar-refractivity contribution in [3.8, 4) is 5.75 Å². The Hall–Kier alpha value is -1.46. The fourth-order valence-electron chi connectivity index (χ4n) is 2.34. The molecule has 1 saturated heterocycles. The van der Waals surface area contributed by atoms with Gasteiger partial charge in [0.05, 0.1) is 18.5 Å². The highest BCUT2D eigenvalue weighted by molar-refractivity contribution is 5.70. The molecule has 100 valence electrons. The Bertz CT molecular complexity index is 399. The molecule has 0 aromatic heterocycles. The second kappa shape index (κ2) is 5.46. The second-order valence-electron chi connectivity index (χ2n) is 4.38. The molecular formula is C13H20N2O3. The lowest BCUT2D eigenvalue weighted by molar-refractivity contribution is -0.00461. The SMILES string of the molecule is COc1ccc(N2CC(OC)C(OC)C2)c(N)c1. The number of rotatable bonds is 4. The quantitative estimate of drug-likeness (QED) is 0.814. The fourth-order valence-corrected chi connectivity index (χ4v) is 2.34. The van der Waals surface area contributed by atoms with Crippen LogP contribution < -0.4 is 15.4 Å². The van der Waals surface area contributed by atoms with Crippen LogP contribution in [0.15, 0.2) is 18.2 Å². The standard InChI is InChI=1S/C13H20N2O3/c1-16-9-4-5-11(10(14)6-9)15-7-12(17-2)13(8-15)18-3/h4-6,12-13H,7-8,14H2,1-3H3. The van der Waals surface area contributed by atoms with Crippen LogP contribution in [-0.2, 0) is 9.47 Å². The van der Waals surface area contributed by atoms with E-state index >= 15 is 0 Å². The van der Waals surface area contributed by atoms with Gasteiger partial charge in [0.15, 0.2) is 0 Å². The van der Waals surface area contributed by atoms with E-state index in [1.54, 1.807) is 21.3 Å². The second-order valence-corrected chi connectivity index (χ2v) is 4.38. The maximum absolute atomic E-state index is 6.05. The first-order chi connectivity index (χ1) is 8.69. The molecule has 1 aromatic rings. The number of ether oxygens (including phenoxy) is 3. The lowest BCUT2D eigenvalue weighted by Gasteiger charge is -2.20. The minimum absolute atomic E-state index is 0.0801. The summed E-state index contributed by atoms with van der Waals surface area (Å²) in [7, 11) is 5.04. The maximum Gasteiger partial charge on any atom is 0.121 e. The Kier molecular flexibility index (Phi) is 3.93. The third kappa shape index (κ3) is 2.37. The normalized spacial score (nSPS) is 23.4. The zero-order chi connectivity index (χ0) is 13.1. The molecule has 0 spiro atoms. The van der Waals surface area contributed by atoms with Crippen molar-refractivity contribution in [2.45, 2.75) is 12.2 Å². The lowest BCUT2D eigenvalue weighted by atomic mass is 10.2. The summed E-state index contributed by atoms with van der Waals surface area (Å²) < 4.78 is 16.0. The van der Waals surface area contributed by atoms with Crippen LogP contribution in [0.25, 0.3) is 0 Å². The van der Waals surface area contributed by atoms with Gasteiger partial charge in [-0.15, -0.1) is 0 Å². The molecular weight excluding hydrogens is 232 g/mol. The topological polar surface area (TPSA) is 57.0 Å². The molecule has 1 fully saturated rings. The van der Waals surface area contributed by atoms with E-state index < -0.39 is 0 Å². The van der Waals surface area contributed by atoms with Gasteiger partial charge in [-0.1, -0.05) is 0 Å². The summed E-state index contributed by atoms with van der Waals surface area (Å²) in [5.41, 5.74) is 7.75. The zero-order valence-corrected chi connectivity index (χ0v) is 11.1. The van der Waals surface area contributed by atoms with Gasteiger partial charge in [-0.3, -0.25) is 0 Å². The van der Waals surface area contributed by atoms with E-state index in [4.69, 9.17) is 19.9 Å². The Balaban J connectivity index is 2.18. The molecule has 0 saturated carbocycles. The van der Waals surface area contributed by atoms with E-state index in [9.17, 15) is 0 Å². The highest BCUT2D eigenvalue weighted by Crippen LogP contribution is 2.31. The molecule has 1 aliphatic heterocycles. The van der Waals surface area contributed by atoms with Gasteiger partial charge in [0.25, 0.3) is 0 Å². The Labute approximate surface area is 107 Å². The smallest absolute Gasteiger partial charge is 0.121 e. The molecule has 1 aromatic carbocycles. The average Bonchev–Trinajstić information content (AvgIpc) is 2.81. The van der Waals surface area contributed by atoms with Crippen molar-refractivity contribution in [1.29, 1.82) is 0 Å². The molecule has 5 heteroatoms. The molecule has 0 aliphatic carbocycles. The largest absolute Gasteiger partial charge is 0.497 e. The van der Waals surface area contributed by atoms with Crippen molar-refractivity contribution in [3.63, 3.8) is 0 Å². The van der Waals surface area contributed by atoms with Crippen LogP contribution in [0.5, 0.6) is 5.75 Å². The van der Waals surface area contributed by atoms with Gasteiger partial charge in [0, 0.05) is 33.4 Å². The van der Waals surface area contributed by atoms with Crippen molar-refractivity contribution in [1.82, 2.24) is 0 Å². The van der Waals surface area contributed by atoms with Crippen LogP contribution in [0.3, 0.4) is 0 Å². The average molecular weight is 252 g/mol. The molecule has 0 amide bonds. The molecule has 0 radical (unpaired) electrons. The molecule has 2 unspecified atom stereocenters. The van der Waals surface area contributed by atoms with E-state index in [2.05, 4.69) is 4.90 Å². The zero-order valence-electron chi connectivity index (χ0n) is 11.1. The molecule has 0 bridgehead atoms. The van der Waals surface area contributed by atoms with Gasteiger partial charge in [-0.25, -0.2) is 0 Å². The number of anilines is 2. The van der Waals surface area contributed by atoms with Crippen LogP contribution in [0, 0.1) is 0 Å². The summed E-state index contributed by atoms with van der Waals surface area (Å²) in [6.45, 7) is 1.57.